The van der Waals surface area contributed by atoms with E-state index in [1.807, 2.05) is 6.92 Å². The van der Waals surface area contributed by atoms with E-state index < -0.39 is 18.6 Å². The van der Waals surface area contributed by atoms with Crippen LogP contribution < -0.4 is 10.1 Å². The second kappa shape index (κ2) is 6.64. The van der Waals surface area contributed by atoms with Gasteiger partial charge in [-0.3, -0.25) is 0 Å². The molecule has 18 heavy (non-hydrogen) atoms. The fourth-order valence-corrected chi connectivity index (χ4v) is 1.71. The summed E-state index contributed by atoms with van der Waals surface area (Å²) in [4.78, 5) is 0. The molecule has 1 N–H and O–H groups in total. The Morgan fingerprint density at radius 3 is 2.50 bits per heavy atom. The van der Waals surface area contributed by atoms with Gasteiger partial charge in [-0.25, -0.2) is 0 Å². The van der Waals surface area contributed by atoms with Crippen LogP contribution >= 0.6 is 0 Å². The molecule has 0 bridgehead atoms. The molecule has 0 aliphatic carbocycles. The van der Waals surface area contributed by atoms with Crippen molar-refractivity contribution >= 4 is 0 Å². The highest BCUT2D eigenvalue weighted by atomic mass is 19.4. The second-order valence-electron chi connectivity index (χ2n) is 4.05. The number of halogens is 3. The van der Waals surface area contributed by atoms with Crippen LogP contribution in [0.15, 0.2) is 24.3 Å². The summed E-state index contributed by atoms with van der Waals surface area (Å²) in [6.07, 6.45) is -4.29. The normalized spacial score (nSPS) is 13.4. The van der Waals surface area contributed by atoms with Gasteiger partial charge in [0.25, 0.3) is 0 Å². The van der Waals surface area contributed by atoms with Crippen molar-refractivity contribution in [3.05, 3.63) is 29.8 Å². The minimum Gasteiger partial charge on any atom is -0.493 e. The summed E-state index contributed by atoms with van der Waals surface area (Å²) in [6, 6.07) is 6.06. The molecule has 1 unspecified atom stereocenters. The molecule has 102 valence electrons. The standard InChI is InChI=1S/C13H18F3NO/c1-3-8-18-12-7-5-4-6-10(12)11(17-2)9-13(14,15)16/h4-7,11,17H,3,8-9H2,1-2H3. The lowest BCUT2D eigenvalue weighted by atomic mass is 10.0. The second-order valence-corrected chi connectivity index (χ2v) is 4.05. The zero-order chi connectivity index (χ0) is 13.6. The highest BCUT2D eigenvalue weighted by Crippen LogP contribution is 2.33. The first-order valence-corrected chi connectivity index (χ1v) is 5.93. The topological polar surface area (TPSA) is 21.3 Å². The number of hydrogen-bond donors (Lipinski definition) is 1. The zero-order valence-corrected chi connectivity index (χ0v) is 10.6. The molecule has 0 saturated carbocycles. The summed E-state index contributed by atoms with van der Waals surface area (Å²) in [5, 5.41) is 2.69. The van der Waals surface area contributed by atoms with Gasteiger partial charge >= 0.3 is 6.18 Å². The van der Waals surface area contributed by atoms with Crippen LogP contribution in [0.2, 0.25) is 0 Å². The molecule has 2 nitrogen and oxygen atoms in total. The van der Waals surface area contributed by atoms with Crippen LogP contribution in [0.3, 0.4) is 0 Å². The highest BCUT2D eigenvalue weighted by Gasteiger charge is 2.32. The number of ether oxygens (including phenoxy) is 1. The molecule has 0 saturated heterocycles. The predicted octanol–water partition coefficient (Wildman–Crippen LogP) is 3.69. The summed E-state index contributed by atoms with van der Waals surface area (Å²) in [5.41, 5.74) is 0.547. The Bertz CT molecular complexity index is 365. The van der Waals surface area contributed by atoms with E-state index in [2.05, 4.69) is 5.32 Å². The Labute approximate surface area is 105 Å². The number of benzene rings is 1. The van der Waals surface area contributed by atoms with Crippen molar-refractivity contribution in [3.63, 3.8) is 0 Å². The number of nitrogens with one attached hydrogen (secondary N) is 1. The minimum atomic E-state index is -4.20. The Hall–Kier alpha value is -1.23. The zero-order valence-electron chi connectivity index (χ0n) is 10.6. The monoisotopic (exact) mass is 261 g/mol. The quantitative estimate of drug-likeness (QED) is 0.843. The number of alkyl halides is 3. The van der Waals surface area contributed by atoms with E-state index >= 15 is 0 Å². The van der Waals surface area contributed by atoms with E-state index in [-0.39, 0.29) is 0 Å². The highest BCUT2D eigenvalue weighted by molar-refractivity contribution is 5.36. The van der Waals surface area contributed by atoms with Gasteiger partial charge in [-0.15, -0.1) is 0 Å². The first-order chi connectivity index (χ1) is 8.48. The van der Waals surface area contributed by atoms with Crippen molar-refractivity contribution in [2.24, 2.45) is 0 Å². The van der Waals surface area contributed by atoms with Crippen LogP contribution in [0.4, 0.5) is 13.2 Å². The van der Waals surface area contributed by atoms with E-state index in [0.717, 1.165) is 6.42 Å². The lowest BCUT2D eigenvalue weighted by molar-refractivity contribution is -0.140. The maximum absolute atomic E-state index is 12.5. The number of rotatable bonds is 6. The van der Waals surface area contributed by atoms with Crippen LogP contribution in [-0.4, -0.2) is 19.8 Å². The summed E-state index contributed by atoms with van der Waals surface area (Å²) in [6.45, 7) is 2.45. The molecule has 0 aliphatic heterocycles. The third kappa shape index (κ3) is 4.56. The summed E-state index contributed by atoms with van der Waals surface area (Å²) >= 11 is 0. The van der Waals surface area contributed by atoms with Crippen molar-refractivity contribution in [2.75, 3.05) is 13.7 Å². The van der Waals surface area contributed by atoms with Crippen LogP contribution in [0.25, 0.3) is 0 Å². The van der Waals surface area contributed by atoms with Crippen LogP contribution in [0.1, 0.15) is 31.4 Å². The Balaban J connectivity index is 2.90. The van der Waals surface area contributed by atoms with Gasteiger partial charge in [-0.2, -0.15) is 13.2 Å². The first-order valence-electron chi connectivity index (χ1n) is 5.93. The van der Waals surface area contributed by atoms with E-state index in [0.29, 0.717) is 17.9 Å². The molecule has 0 spiro atoms. The maximum atomic E-state index is 12.5. The third-order valence-corrected chi connectivity index (χ3v) is 2.54. The summed E-state index contributed by atoms with van der Waals surface area (Å²) < 4.78 is 42.9. The molecule has 1 rings (SSSR count). The van der Waals surface area contributed by atoms with Gasteiger partial charge in [0.15, 0.2) is 0 Å². The van der Waals surface area contributed by atoms with Gasteiger partial charge in [0.2, 0.25) is 0 Å². The Morgan fingerprint density at radius 2 is 1.94 bits per heavy atom. The number of hydrogen-bond acceptors (Lipinski definition) is 2. The Morgan fingerprint density at radius 1 is 1.28 bits per heavy atom. The van der Waals surface area contributed by atoms with Gasteiger partial charge in [0, 0.05) is 11.6 Å². The van der Waals surface area contributed by atoms with E-state index in [4.69, 9.17) is 4.74 Å². The van der Waals surface area contributed by atoms with Crippen molar-refractivity contribution in [3.8, 4) is 5.75 Å². The van der Waals surface area contributed by atoms with Crippen LogP contribution in [0, 0.1) is 0 Å². The SMILES string of the molecule is CCCOc1ccccc1C(CC(F)(F)F)NC. The van der Waals surface area contributed by atoms with Gasteiger partial charge in [-0.1, -0.05) is 25.1 Å². The van der Waals surface area contributed by atoms with E-state index in [1.165, 1.54) is 7.05 Å². The molecule has 0 fully saturated rings. The van der Waals surface area contributed by atoms with E-state index in [1.54, 1.807) is 24.3 Å². The fraction of sp³-hybridized carbons (Fsp3) is 0.538. The number of para-hydroxylation sites is 1. The van der Waals surface area contributed by atoms with Gasteiger partial charge in [-0.05, 0) is 19.5 Å². The molecule has 1 aromatic rings. The fourth-order valence-electron chi connectivity index (χ4n) is 1.71. The molecule has 1 atom stereocenters. The largest absolute Gasteiger partial charge is 0.493 e. The average molecular weight is 261 g/mol. The molecule has 0 aliphatic rings. The van der Waals surface area contributed by atoms with Crippen molar-refractivity contribution in [2.45, 2.75) is 32.0 Å². The van der Waals surface area contributed by atoms with Crippen molar-refractivity contribution in [1.82, 2.24) is 5.32 Å². The Kier molecular flexibility index (Phi) is 5.47. The first kappa shape index (κ1) is 14.8. The molecule has 5 heteroatoms. The molecule has 1 aromatic carbocycles. The molecular weight excluding hydrogens is 243 g/mol. The molecule has 0 heterocycles. The summed E-state index contributed by atoms with van der Waals surface area (Å²) in [5.74, 6) is 0.517. The summed E-state index contributed by atoms with van der Waals surface area (Å²) in [7, 11) is 1.52. The smallest absolute Gasteiger partial charge is 0.390 e. The van der Waals surface area contributed by atoms with Crippen LogP contribution in [-0.2, 0) is 0 Å². The maximum Gasteiger partial charge on any atom is 0.390 e. The van der Waals surface area contributed by atoms with Crippen molar-refractivity contribution < 1.29 is 17.9 Å². The molecule has 0 amide bonds. The molecular formula is C13H18F3NO. The average Bonchev–Trinajstić information content (AvgIpc) is 2.33. The van der Waals surface area contributed by atoms with Crippen molar-refractivity contribution in [1.29, 1.82) is 0 Å². The van der Waals surface area contributed by atoms with Gasteiger partial charge in [0.1, 0.15) is 5.75 Å². The predicted molar refractivity (Wildman–Crippen MR) is 64.7 cm³/mol. The molecule has 0 radical (unpaired) electrons. The minimum absolute atomic E-state index is 0.499. The molecule has 0 aromatic heterocycles. The van der Waals surface area contributed by atoms with Crippen LogP contribution in [0.5, 0.6) is 5.75 Å². The van der Waals surface area contributed by atoms with E-state index in [9.17, 15) is 13.2 Å². The lowest BCUT2D eigenvalue weighted by Gasteiger charge is -2.21. The lowest BCUT2D eigenvalue weighted by Crippen LogP contribution is -2.24. The van der Waals surface area contributed by atoms with Gasteiger partial charge < -0.3 is 10.1 Å². The van der Waals surface area contributed by atoms with Gasteiger partial charge in [0.05, 0.1) is 13.0 Å². The third-order valence-electron chi connectivity index (χ3n) is 2.54.